The predicted octanol–water partition coefficient (Wildman–Crippen LogP) is 2.79. The molecule has 3 rings (SSSR count). The van der Waals surface area contributed by atoms with Crippen molar-refractivity contribution in [2.45, 2.75) is 11.4 Å². The van der Waals surface area contributed by atoms with Crippen LogP contribution in [0.1, 0.15) is 5.56 Å². The number of hydrogen-bond donors (Lipinski definition) is 5. The maximum atomic E-state index is 13.0. The van der Waals surface area contributed by atoms with Gasteiger partial charge >= 0.3 is 0 Å². The van der Waals surface area contributed by atoms with Crippen LogP contribution < -0.4 is 4.72 Å². The average Bonchev–Trinajstić information content (AvgIpc) is 2.65. The minimum absolute atomic E-state index is 0.00259. The van der Waals surface area contributed by atoms with Crippen LogP contribution in [0.5, 0.6) is 23.0 Å². The van der Waals surface area contributed by atoms with Crippen LogP contribution in [0.2, 0.25) is 0 Å². The summed E-state index contributed by atoms with van der Waals surface area (Å²) in [7, 11) is -4.17. The van der Waals surface area contributed by atoms with Gasteiger partial charge in [-0.2, -0.15) is 0 Å². The third-order valence-corrected chi connectivity index (χ3v) is 5.47. The van der Waals surface area contributed by atoms with Gasteiger partial charge in [-0.3, -0.25) is 0 Å². The van der Waals surface area contributed by atoms with Gasteiger partial charge in [0.05, 0.1) is 4.90 Å². The molecule has 0 aliphatic rings. The quantitative estimate of drug-likeness (QED) is 0.416. The summed E-state index contributed by atoms with van der Waals surface area (Å²) < 4.78 is 40.9. The monoisotopic (exact) mass is 405 g/mol. The van der Waals surface area contributed by atoms with E-state index in [-0.39, 0.29) is 22.6 Å². The summed E-state index contributed by atoms with van der Waals surface area (Å²) >= 11 is 0. The minimum Gasteiger partial charge on any atom is -0.504 e. The molecule has 9 heteroatoms. The number of hydrogen-bond acceptors (Lipinski definition) is 6. The van der Waals surface area contributed by atoms with Crippen LogP contribution in [0.25, 0.3) is 11.1 Å². The zero-order chi connectivity index (χ0) is 20.5. The van der Waals surface area contributed by atoms with E-state index >= 15 is 0 Å². The lowest BCUT2D eigenvalue weighted by molar-refractivity contribution is 0.402. The van der Waals surface area contributed by atoms with Gasteiger partial charge in [-0.1, -0.05) is 18.2 Å². The SMILES string of the molecule is O=S(=O)(NCc1ccc(F)cc1)c1cc(O)c(O)cc1-c1ccc(O)c(O)c1. The van der Waals surface area contributed by atoms with Gasteiger partial charge in [-0.05, 0) is 41.5 Å². The van der Waals surface area contributed by atoms with Crippen LogP contribution in [0.15, 0.2) is 59.5 Å². The molecular weight excluding hydrogens is 389 g/mol. The summed E-state index contributed by atoms with van der Waals surface area (Å²) in [6, 6.07) is 10.8. The van der Waals surface area contributed by atoms with Crippen molar-refractivity contribution in [2.24, 2.45) is 0 Å². The first-order valence-electron chi connectivity index (χ1n) is 8.00. The van der Waals surface area contributed by atoms with E-state index in [9.17, 15) is 33.2 Å². The number of phenols is 4. The topological polar surface area (TPSA) is 127 Å². The molecule has 0 fully saturated rings. The summed E-state index contributed by atoms with van der Waals surface area (Å²) in [6.07, 6.45) is 0. The van der Waals surface area contributed by atoms with Crippen LogP contribution in [-0.4, -0.2) is 28.8 Å². The molecular formula is C19H16FNO6S. The standard InChI is InChI=1S/C19H16FNO6S/c20-13-4-1-11(2-5-13)10-21-28(26,27)19-9-18(25)17(24)8-14(19)12-3-6-15(22)16(23)7-12/h1-9,21-25H,10H2. The zero-order valence-electron chi connectivity index (χ0n) is 14.3. The van der Waals surface area contributed by atoms with Crippen molar-refractivity contribution in [2.75, 3.05) is 0 Å². The molecule has 0 bridgehead atoms. The maximum absolute atomic E-state index is 13.0. The first kappa shape index (κ1) is 19.5. The van der Waals surface area contributed by atoms with Gasteiger partial charge < -0.3 is 20.4 Å². The second-order valence-corrected chi connectivity index (χ2v) is 7.73. The Labute approximate surface area is 160 Å². The van der Waals surface area contributed by atoms with Crippen molar-refractivity contribution in [3.8, 4) is 34.1 Å². The largest absolute Gasteiger partial charge is 0.504 e. The molecule has 3 aromatic rings. The molecule has 0 heterocycles. The molecule has 0 atom stereocenters. The number of phenolic OH excluding ortho intramolecular Hbond substituents is 4. The average molecular weight is 405 g/mol. The summed E-state index contributed by atoms with van der Waals surface area (Å²) in [5.41, 5.74) is 0.696. The summed E-state index contributed by atoms with van der Waals surface area (Å²) in [5, 5.41) is 38.7. The van der Waals surface area contributed by atoms with E-state index in [1.54, 1.807) is 0 Å². The summed E-state index contributed by atoms with van der Waals surface area (Å²) in [6.45, 7) is -0.134. The third kappa shape index (κ3) is 4.00. The lowest BCUT2D eigenvalue weighted by Crippen LogP contribution is -2.23. The molecule has 28 heavy (non-hydrogen) atoms. The van der Waals surface area contributed by atoms with E-state index in [2.05, 4.69) is 4.72 Å². The van der Waals surface area contributed by atoms with Crippen LogP contribution >= 0.6 is 0 Å². The van der Waals surface area contributed by atoms with Crippen molar-refractivity contribution in [1.29, 1.82) is 0 Å². The van der Waals surface area contributed by atoms with E-state index in [1.165, 1.54) is 30.3 Å². The van der Waals surface area contributed by atoms with Gasteiger partial charge in [0.25, 0.3) is 0 Å². The predicted molar refractivity (Wildman–Crippen MR) is 99.0 cm³/mol. The summed E-state index contributed by atoms with van der Waals surface area (Å²) in [4.78, 5) is -0.352. The smallest absolute Gasteiger partial charge is 0.241 e. The Hall–Kier alpha value is -3.30. The number of nitrogens with one attached hydrogen (secondary N) is 1. The fourth-order valence-corrected chi connectivity index (χ4v) is 3.80. The maximum Gasteiger partial charge on any atom is 0.241 e. The van der Waals surface area contributed by atoms with Crippen LogP contribution in [0.3, 0.4) is 0 Å². The molecule has 0 aliphatic heterocycles. The Bertz CT molecular complexity index is 1130. The molecule has 3 aromatic carbocycles. The van der Waals surface area contributed by atoms with Crippen LogP contribution in [0.4, 0.5) is 4.39 Å². The van der Waals surface area contributed by atoms with Crippen molar-refractivity contribution in [1.82, 2.24) is 4.72 Å². The van der Waals surface area contributed by atoms with Crippen molar-refractivity contribution < 1.29 is 33.2 Å². The lowest BCUT2D eigenvalue weighted by Gasteiger charge is -2.14. The van der Waals surface area contributed by atoms with E-state index in [0.717, 1.165) is 24.3 Å². The Morgan fingerprint density at radius 1 is 0.786 bits per heavy atom. The Morgan fingerprint density at radius 2 is 1.39 bits per heavy atom. The number of rotatable bonds is 5. The number of benzene rings is 3. The lowest BCUT2D eigenvalue weighted by atomic mass is 10.0. The van der Waals surface area contributed by atoms with E-state index in [1.807, 2.05) is 0 Å². The first-order valence-corrected chi connectivity index (χ1v) is 9.48. The van der Waals surface area contributed by atoms with Gasteiger partial charge in [0, 0.05) is 18.2 Å². The minimum atomic E-state index is -4.17. The fourth-order valence-electron chi connectivity index (χ4n) is 2.55. The second-order valence-electron chi connectivity index (χ2n) is 5.99. The van der Waals surface area contributed by atoms with Crippen LogP contribution in [0, 0.1) is 5.82 Å². The van der Waals surface area contributed by atoms with Crippen LogP contribution in [-0.2, 0) is 16.6 Å². The third-order valence-electron chi connectivity index (χ3n) is 4.03. The highest BCUT2D eigenvalue weighted by atomic mass is 32.2. The molecule has 5 N–H and O–H groups in total. The molecule has 0 aliphatic carbocycles. The molecule has 0 amide bonds. The molecule has 7 nitrogen and oxygen atoms in total. The highest BCUT2D eigenvalue weighted by molar-refractivity contribution is 7.89. The van der Waals surface area contributed by atoms with E-state index < -0.39 is 38.8 Å². The zero-order valence-corrected chi connectivity index (χ0v) is 15.1. The highest BCUT2D eigenvalue weighted by Gasteiger charge is 2.22. The van der Waals surface area contributed by atoms with Crippen molar-refractivity contribution >= 4 is 10.0 Å². The number of halogens is 1. The van der Waals surface area contributed by atoms with Gasteiger partial charge in [0.2, 0.25) is 10.0 Å². The van der Waals surface area contributed by atoms with Gasteiger partial charge in [-0.25, -0.2) is 17.5 Å². The highest BCUT2D eigenvalue weighted by Crippen LogP contribution is 2.39. The molecule has 0 aromatic heterocycles. The van der Waals surface area contributed by atoms with E-state index in [4.69, 9.17) is 0 Å². The molecule has 0 spiro atoms. The molecule has 0 saturated carbocycles. The van der Waals surface area contributed by atoms with E-state index in [0.29, 0.717) is 5.56 Å². The molecule has 0 unspecified atom stereocenters. The first-order chi connectivity index (χ1) is 13.2. The normalized spacial score (nSPS) is 11.5. The molecule has 146 valence electrons. The van der Waals surface area contributed by atoms with Gasteiger partial charge in [0.15, 0.2) is 23.0 Å². The Kier molecular flexibility index (Phi) is 5.12. The van der Waals surface area contributed by atoms with Crippen molar-refractivity contribution in [3.05, 3.63) is 66.0 Å². The Morgan fingerprint density at radius 3 is 2.04 bits per heavy atom. The van der Waals surface area contributed by atoms with Gasteiger partial charge in [0.1, 0.15) is 5.82 Å². The number of aromatic hydroxyl groups is 4. The molecule has 0 saturated heterocycles. The van der Waals surface area contributed by atoms with Gasteiger partial charge in [-0.15, -0.1) is 0 Å². The Balaban J connectivity index is 2.02. The molecule has 0 radical (unpaired) electrons. The second kappa shape index (κ2) is 7.37. The fraction of sp³-hybridized carbons (Fsp3) is 0.0526. The summed E-state index contributed by atoms with van der Waals surface area (Å²) in [5.74, 6) is -2.53. The van der Waals surface area contributed by atoms with Crippen molar-refractivity contribution in [3.63, 3.8) is 0 Å². The number of sulfonamides is 1.